The van der Waals surface area contributed by atoms with Crippen molar-refractivity contribution in [3.63, 3.8) is 0 Å². The maximum absolute atomic E-state index is 12.6. The maximum atomic E-state index is 12.6. The summed E-state index contributed by atoms with van der Waals surface area (Å²) in [5.74, 6) is 0.0372. The highest BCUT2D eigenvalue weighted by atomic mass is 32.2. The molecular formula is C23H22N2OS. The average molecular weight is 375 g/mol. The minimum atomic E-state index is 0.0372. The van der Waals surface area contributed by atoms with Crippen LogP contribution < -0.4 is 10.2 Å². The third-order valence-corrected chi connectivity index (χ3v) is 5.88. The standard InChI is InChI=1S/C23H22N2OS/c1-16-11-12-18(17(2)15-16)24-23(26)13-14-25-19-7-3-5-9-21(19)27-22-10-6-4-8-20(22)25/h3-12,15H,13-14H2,1-2H3,(H,24,26). The highest BCUT2D eigenvalue weighted by Crippen LogP contribution is 2.47. The summed E-state index contributed by atoms with van der Waals surface area (Å²) in [4.78, 5) is 17.3. The second-order valence-electron chi connectivity index (χ2n) is 6.81. The maximum Gasteiger partial charge on any atom is 0.226 e. The van der Waals surface area contributed by atoms with Crippen LogP contribution in [0.15, 0.2) is 76.5 Å². The molecule has 0 spiro atoms. The normalized spacial score (nSPS) is 12.3. The molecule has 1 N–H and O–H groups in total. The zero-order valence-electron chi connectivity index (χ0n) is 15.5. The molecule has 4 heteroatoms. The van der Waals surface area contributed by atoms with Gasteiger partial charge in [-0.2, -0.15) is 0 Å². The van der Waals surface area contributed by atoms with Crippen LogP contribution in [0.1, 0.15) is 17.5 Å². The van der Waals surface area contributed by atoms with Crippen LogP contribution in [0, 0.1) is 13.8 Å². The molecule has 0 radical (unpaired) electrons. The summed E-state index contributed by atoms with van der Waals surface area (Å²) in [7, 11) is 0. The number of anilines is 3. The van der Waals surface area contributed by atoms with Crippen molar-refractivity contribution in [3.05, 3.63) is 77.9 Å². The van der Waals surface area contributed by atoms with Crippen molar-refractivity contribution in [2.24, 2.45) is 0 Å². The van der Waals surface area contributed by atoms with Gasteiger partial charge in [-0.1, -0.05) is 53.7 Å². The van der Waals surface area contributed by atoms with E-state index in [2.05, 4.69) is 71.7 Å². The first-order valence-electron chi connectivity index (χ1n) is 9.12. The van der Waals surface area contributed by atoms with Gasteiger partial charge in [0.15, 0.2) is 0 Å². The van der Waals surface area contributed by atoms with Gasteiger partial charge in [-0.05, 0) is 49.7 Å². The van der Waals surface area contributed by atoms with Crippen molar-refractivity contribution < 1.29 is 4.79 Å². The molecule has 0 aliphatic carbocycles. The van der Waals surface area contributed by atoms with E-state index in [1.807, 2.05) is 19.1 Å². The molecule has 3 aromatic rings. The monoisotopic (exact) mass is 374 g/mol. The smallest absolute Gasteiger partial charge is 0.226 e. The van der Waals surface area contributed by atoms with Gasteiger partial charge < -0.3 is 10.2 Å². The highest BCUT2D eigenvalue weighted by molar-refractivity contribution is 7.99. The van der Waals surface area contributed by atoms with Gasteiger partial charge in [-0.15, -0.1) is 0 Å². The molecule has 0 atom stereocenters. The Morgan fingerprint density at radius 1 is 0.926 bits per heavy atom. The third kappa shape index (κ3) is 3.71. The fraction of sp³-hybridized carbons (Fsp3) is 0.174. The Labute approximate surface area is 164 Å². The van der Waals surface area contributed by atoms with Crippen LogP contribution in [0.25, 0.3) is 0 Å². The predicted octanol–water partition coefficient (Wildman–Crippen LogP) is 5.93. The first-order valence-corrected chi connectivity index (χ1v) is 9.94. The zero-order chi connectivity index (χ0) is 18.8. The quantitative estimate of drug-likeness (QED) is 0.614. The molecule has 1 amide bonds. The lowest BCUT2D eigenvalue weighted by molar-refractivity contribution is -0.116. The van der Waals surface area contributed by atoms with Gasteiger partial charge in [0.05, 0.1) is 11.4 Å². The van der Waals surface area contributed by atoms with Gasteiger partial charge in [0.25, 0.3) is 0 Å². The van der Waals surface area contributed by atoms with Gasteiger partial charge in [-0.3, -0.25) is 4.79 Å². The van der Waals surface area contributed by atoms with E-state index in [1.54, 1.807) is 11.8 Å². The number of benzene rings is 3. The van der Waals surface area contributed by atoms with Gasteiger partial charge >= 0.3 is 0 Å². The molecule has 4 rings (SSSR count). The Kier molecular flexibility index (Phi) is 4.90. The SMILES string of the molecule is Cc1ccc(NC(=O)CCN2c3ccccc3Sc3ccccc32)c(C)c1. The minimum absolute atomic E-state index is 0.0372. The molecule has 0 unspecified atom stereocenters. The topological polar surface area (TPSA) is 32.3 Å². The number of fused-ring (bicyclic) bond motifs is 2. The molecule has 0 saturated heterocycles. The molecule has 1 aliphatic heterocycles. The fourth-order valence-corrected chi connectivity index (χ4v) is 4.50. The van der Waals surface area contributed by atoms with Crippen LogP contribution in [-0.4, -0.2) is 12.5 Å². The van der Waals surface area contributed by atoms with Crippen LogP contribution >= 0.6 is 11.8 Å². The van der Waals surface area contributed by atoms with E-state index in [4.69, 9.17) is 0 Å². The van der Waals surface area contributed by atoms with Gasteiger partial charge in [0.2, 0.25) is 5.91 Å². The number of carbonyl (C=O) groups excluding carboxylic acids is 1. The minimum Gasteiger partial charge on any atom is -0.339 e. The molecule has 0 saturated carbocycles. The summed E-state index contributed by atoms with van der Waals surface area (Å²) in [6.07, 6.45) is 0.431. The van der Waals surface area contributed by atoms with E-state index in [9.17, 15) is 4.79 Å². The van der Waals surface area contributed by atoms with Crippen LogP contribution in [0.5, 0.6) is 0 Å². The van der Waals surface area contributed by atoms with Crippen LogP contribution in [0.2, 0.25) is 0 Å². The molecule has 3 aromatic carbocycles. The van der Waals surface area contributed by atoms with Crippen molar-refractivity contribution in [2.75, 3.05) is 16.8 Å². The number of hydrogen-bond acceptors (Lipinski definition) is 3. The van der Waals surface area contributed by atoms with Crippen molar-refractivity contribution in [1.82, 2.24) is 0 Å². The molecular weight excluding hydrogens is 352 g/mol. The lowest BCUT2D eigenvalue weighted by Gasteiger charge is -2.32. The molecule has 27 heavy (non-hydrogen) atoms. The molecule has 0 fully saturated rings. The number of amides is 1. The number of nitrogens with zero attached hydrogens (tertiary/aromatic N) is 1. The van der Waals surface area contributed by atoms with Crippen molar-refractivity contribution >= 4 is 34.7 Å². The number of aryl methyl sites for hydroxylation is 2. The number of nitrogens with one attached hydrogen (secondary N) is 1. The molecule has 0 aromatic heterocycles. The number of hydrogen-bond donors (Lipinski definition) is 1. The van der Waals surface area contributed by atoms with Crippen LogP contribution in [0.4, 0.5) is 17.1 Å². The Morgan fingerprint density at radius 2 is 1.56 bits per heavy atom. The summed E-state index contributed by atoms with van der Waals surface area (Å²) in [5, 5.41) is 3.05. The van der Waals surface area contributed by atoms with E-state index in [0.717, 1.165) is 11.3 Å². The summed E-state index contributed by atoms with van der Waals surface area (Å²) in [5.41, 5.74) is 5.51. The van der Waals surface area contributed by atoms with E-state index < -0.39 is 0 Å². The molecule has 136 valence electrons. The van der Waals surface area contributed by atoms with Gasteiger partial charge in [0, 0.05) is 28.4 Å². The zero-order valence-corrected chi connectivity index (χ0v) is 16.3. The third-order valence-electron chi connectivity index (χ3n) is 4.75. The first kappa shape index (κ1) is 17.7. The Morgan fingerprint density at radius 3 is 2.19 bits per heavy atom. The average Bonchev–Trinajstić information content (AvgIpc) is 2.67. The summed E-state index contributed by atoms with van der Waals surface area (Å²) < 4.78 is 0. The summed E-state index contributed by atoms with van der Waals surface area (Å²) in [6.45, 7) is 4.73. The molecule has 3 nitrogen and oxygen atoms in total. The van der Waals surface area contributed by atoms with Crippen molar-refractivity contribution in [2.45, 2.75) is 30.1 Å². The lowest BCUT2D eigenvalue weighted by Crippen LogP contribution is -2.26. The Hall–Kier alpha value is -2.72. The lowest BCUT2D eigenvalue weighted by atomic mass is 10.1. The Balaban J connectivity index is 1.52. The molecule has 1 aliphatic rings. The first-order chi connectivity index (χ1) is 13.1. The second-order valence-corrected chi connectivity index (χ2v) is 7.89. The van der Waals surface area contributed by atoms with E-state index in [-0.39, 0.29) is 5.91 Å². The van der Waals surface area contributed by atoms with Crippen molar-refractivity contribution in [3.8, 4) is 0 Å². The van der Waals surface area contributed by atoms with Crippen LogP contribution in [0.3, 0.4) is 0 Å². The number of para-hydroxylation sites is 2. The van der Waals surface area contributed by atoms with Gasteiger partial charge in [0.1, 0.15) is 0 Å². The summed E-state index contributed by atoms with van der Waals surface area (Å²) >= 11 is 1.78. The van der Waals surface area contributed by atoms with Crippen molar-refractivity contribution in [1.29, 1.82) is 0 Å². The second kappa shape index (κ2) is 7.49. The number of rotatable bonds is 4. The Bertz CT molecular complexity index is 954. The highest BCUT2D eigenvalue weighted by Gasteiger charge is 2.23. The summed E-state index contributed by atoms with van der Waals surface area (Å²) in [6, 6.07) is 22.8. The van der Waals surface area contributed by atoms with E-state index >= 15 is 0 Å². The predicted molar refractivity (Wildman–Crippen MR) is 113 cm³/mol. The molecule has 1 heterocycles. The van der Waals surface area contributed by atoms with E-state index in [1.165, 1.54) is 26.7 Å². The molecule has 0 bridgehead atoms. The number of carbonyl (C=O) groups is 1. The van der Waals surface area contributed by atoms with E-state index in [0.29, 0.717) is 13.0 Å². The fourth-order valence-electron chi connectivity index (χ4n) is 3.40. The van der Waals surface area contributed by atoms with Crippen LogP contribution in [-0.2, 0) is 4.79 Å². The van der Waals surface area contributed by atoms with Gasteiger partial charge in [-0.25, -0.2) is 0 Å². The largest absolute Gasteiger partial charge is 0.339 e.